The number of hydrogen-bond donors (Lipinski definition) is 2. The van der Waals surface area contributed by atoms with Crippen LogP contribution in [0.4, 0.5) is 5.82 Å². The van der Waals surface area contributed by atoms with Gasteiger partial charge in [-0.3, -0.25) is 4.68 Å². The summed E-state index contributed by atoms with van der Waals surface area (Å²) in [6.45, 7) is 6.34. The Balaban J connectivity index is 2.16. The second-order valence-corrected chi connectivity index (χ2v) is 5.29. The molecule has 2 rings (SSSR count). The minimum Gasteiger partial charge on any atom is -0.394 e. The van der Waals surface area contributed by atoms with E-state index in [4.69, 9.17) is 9.47 Å². The van der Waals surface area contributed by atoms with Crippen molar-refractivity contribution in [3.05, 3.63) is 11.3 Å². The first kappa shape index (κ1) is 16.2. The van der Waals surface area contributed by atoms with Crippen molar-refractivity contribution in [1.29, 1.82) is 0 Å². The van der Waals surface area contributed by atoms with Gasteiger partial charge < -0.3 is 24.8 Å². The van der Waals surface area contributed by atoms with Gasteiger partial charge in [0.2, 0.25) is 0 Å². The highest BCUT2D eigenvalue weighted by atomic mass is 16.5. The quantitative estimate of drug-likeness (QED) is 0.671. The molecular formula is C14H26N4O3. The molecule has 1 aliphatic heterocycles. The van der Waals surface area contributed by atoms with E-state index in [9.17, 15) is 5.11 Å². The molecule has 1 fully saturated rings. The number of aliphatic hydroxyl groups is 1. The Morgan fingerprint density at radius 1 is 1.52 bits per heavy atom. The van der Waals surface area contributed by atoms with Crippen molar-refractivity contribution >= 4 is 5.82 Å². The number of aliphatic hydroxyl groups excluding tert-OH is 1. The summed E-state index contributed by atoms with van der Waals surface area (Å²) in [5, 5.41) is 17.5. The van der Waals surface area contributed by atoms with Crippen molar-refractivity contribution in [1.82, 2.24) is 15.1 Å². The summed E-state index contributed by atoms with van der Waals surface area (Å²) in [6, 6.07) is -0.00808. The number of methoxy groups -OCH3 is 1. The fourth-order valence-electron chi connectivity index (χ4n) is 2.73. The maximum atomic E-state index is 9.57. The first-order valence-corrected chi connectivity index (χ1v) is 7.36. The number of nitrogens with one attached hydrogen (secondary N) is 1. The zero-order valence-electron chi connectivity index (χ0n) is 13.1. The van der Waals surface area contributed by atoms with Crippen LogP contribution in [0.5, 0.6) is 0 Å². The third kappa shape index (κ3) is 3.74. The molecule has 7 nitrogen and oxygen atoms in total. The summed E-state index contributed by atoms with van der Waals surface area (Å²) in [4.78, 5) is 2.21. The van der Waals surface area contributed by atoms with E-state index in [0.717, 1.165) is 31.1 Å². The number of aryl methyl sites for hydroxylation is 2. The van der Waals surface area contributed by atoms with Crippen LogP contribution in [0.2, 0.25) is 0 Å². The van der Waals surface area contributed by atoms with E-state index >= 15 is 0 Å². The van der Waals surface area contributed by atoms with Gasteiger partial charge in [0.1, 0.15) is 5.82 Å². The Hall–Kier alpha value is -1.15. The van der Waals surface area contributed by atoms with Crippen molar-refractivity contribution < 1.29 is 14.6 Å². The van der Waals surface area contributed by atoms with E-state index in [1.807, 2.05) is 18.7 Å². The normalized spacial score (nSPS) is 19.2. The monoisotopic (exact) mass is 298 g/mol. The molecule has 0 amide bonds. The molecule has 0 spiro atoms. The predicted octanol–water partition coefficient (Wildman–Crippen LogP) is -0.338. The zero-order valence-corrected chi connectivity index (χ0v) is 13.1. The lowest BCUT2D eigenvalue weighted by atomic mass is 10.1. The first-order chi connectivity index (χ1) is 10.2. The molecular weight excluding hydrogens is 272 g/mol. The molecule has 1 aromatic rings. The molecule has 0 radical (unpaired) electrons. The maximum absolute atomic E-state index is 9.57. The molecule has 1 atom stereocenters. The minimum atomic E-state index is -0.00808. The van der Waals surface area contributed by atoms with Crippen LogP contribution in [0, 0.1) is 6.92 Å². The van der Waals surface area contributed by atoms with Gasteiger partial charge in [0.15, 0.2) is 0 Å². The highest BCUT2D eigenvalue weighted by Gasteiger charge is 2.28. The summed E-state index contributed by atoms with van der Waals surface area (Å²) in [7, 11) is 3.65. The average molecular weight is 298 g/mol. The van der Waals surface area contributed by atoms with Crippen molar-refractivity contribution in [2.45, 2.75) is 19.5 Å². The Bertz CT molecular complexity index is 450. The molecule has 2 N–H and O–H groups in total. The van der Waals surface area contributed by atoms with Gasteiger partial charge in [-0.15, -0.1) is 0 Å². The largest absolute Gasteiger partial charge is 0.394 e. The highest BCUT2D eigenvalue weighted by molar-refractivity contribution is 5.51. The number of aromatic nitrogens is 2. The van der Waals surface area contributed by atoms with E-state index in [2.05, 4.69) is 15.3 Å². The molecule has 0 bridgehead atoms. The molecule has 0 aliphatic carbocycles. The third-order valence-corrected chi connectivity index (χ3v) is 3.81. The topological polar surface area (TPSA) is 71.8 Å². The van der Waals surface area contributed by atoms with Crippen molar-refractivity contribution in [3.63, 3.8) is 0 Å². The number of hydrogen-bond acceptors (Lipinski definition) is 6. The van der Waals surface area contributed by atoms with Crippen LogP contribution in [0.3, 0.4) is 0 Å². The predicted molar refractivity (Wildman–Crippen MR) is 80.6 cm³/mol. The second-order valence-electron chi connectivity index (χ2n) is 5.29. The molecule has 0 saturated carbocycles. The number of nitrogens with zero attached hydrogens (tertiary/aromatic N) is 3. The van der Waals surface area contributed by atoms with Crippen LogP contribution >= 0.6 is 0 Å². The minimum absolute atomic E-state index is 0.00808. The lowest BCUT2D eigenvalue weighted by molar-refractivity contribution is 0.0718. The van der Waals surface area contributed by atoms with E-state index < -0.39 is 0 Å². The SMILES string of the molecule is COCCNCc1c(C)nn(C)c1N1CCOCC1CO. The average Bonchev–Trinajstić information content (AvgIpc) is 2.77. The number of anilines is 1. The Morgan fingerprint density at radius 3 is 3.05 bits per heavy atom. The van der Waals surface area contributed by atoms with Crippen LogP contribution in [0.15, 0.2) is 0 Å². The molecule has 1 aliphatic rings. The Kier molecular flexibility index (Phi) is 5.98. The Morgan fingerprint density at radius 2 is 2.33 bits per heavy atom. The van der Waals surface area contributed by atoms with Crippen LogP contribution in [0.25, 0.3) is 0 Å². The molecule has 1 unspecified atom stereocenters. The van der Waals surface area contributed by atoms with Gasteiger partial charge in [-0.2, -0.15) is 5.10 Å². The number of rotatable bonds is 7. The standard InChI is InChI=1S/C14H26N4O3/c1-11-13(8-15-4-6-20-3)14(17(2)16-11)18-5-7-21-10-12(18)9-19/h12,15,19H,4-10H2,1-3H3. The molecule has 2 heterocycles. The lowest BCUT2D eigenvalue weighted by Gasteiger charge is -2.36. The van der Waals surface area contributed by atoms with E-state index in [-0.39, 0.29) is 12.6 Å². The van der Waals surface area contributed by atoms with Gasteiger partial charge in [0, 0.05) is 39.4 Å². The van der Waals surface area contributed by atoms with Crippen LogP contribution in [-0.2, 0) is 23.1 Å². The van der Waals surface area contributed by atoms with Gasteiger partial charge in [0.25, 0.3) is 0 Å². The Labute approximate surface area is 125 Å². The van der Waals surface area contributed by atoms with Crippen LogP contribution in [-0.4, -0.2) is 67.6 Å². The molecule has 0 aromatic carbocycles. The van der Waals surface area contributed by atoms with Gasteiger partial charge in [0.05, 0.1) is 38.2 Å². The maximum Gasteiger partial charge on any atom is 0.131 e. The molecule has 120 valence electrons. The van der Waals surface area contributed by atoms with Gasteiger partial charge in [-0.1, -0.05) is 0 Å². The van der Waals surface area contributed by atoms with E-state index in [0.29, 0.717) is 19.8 Å². The summed E-state index contributed by atoms with van der Waals surface area (Å²) in [6.07, 6.45) is 0. The molecule has 1 saturated heterocycles. The van der Waals surface area contributed by atoms with Crippen molar-refractivity contribution in [2.75, 3.05) is 51.5 Å². The summed E-state index contributed by atoms with van der Waals surface area (Å²) in [5.74, 6) is 1.07. The fraction of sp³-hybridized carbons (Fsp3) is 0.786. The summed E-state index contributed by atoms with van der Waals surface area (Å²) in [5.41, 5.74) is 2.19. The van der Waals surface area contributed by atoms with E-state index in [1.54, 1.807) is 7.11 Å². The number of ether oxygens (including phenoxy) is 2. The first-order valence-electron chi connectivity index (χ1n) is 7.36. The van der Waals surface area contributed by atoms with Crippen molar-refractivity contribution in [2.24, 2.45) is 7.05 Å². The van der Waals surface area contributed by atoms with Gasteiger partial charge in [-0.05, 0) is 6.92 Å². The zero-order chi connectivity index (χ0) is 15.2. The molecule has 1 aromatic heterocycles. The second kappa shape index (κ2) is 7.74. The van der Waals surface area contributed by atoms with Gasteiger partial charge >= 0.3 is 0 Å². The van der Waals surface area contributed by atoms with Gasteiger partial charge in [-0.25, -0.2) is 0 Å². The molecule has 21 heavy (non-hydrogen) atoms. The lowest BCUT2D eigenvalue weighted by Crippen LogP contribution is -2.48. The third-order valence-electron chi connectivity index (χ3n) is 3.81. The molecule has 7 heteroatoms. The van der Waals surface area contributed by atoms with E-state index in [1.165, 1.54) is 5.56 Å². The summed E-state index contributed by atoms with van der Waals surface area (Å²) >= 11 is 0. The van der Waals surface area contributed by atoms with Crippen molar-refractivity contribution in [3.8, 4) is 0 Å². The fourth-order valence-corrected chi connectivity index (χ4v) is 2.73. The van der Waals surface area contributed by atoms with Crippen LogP contribution in [0.1, 0.15) is 11.3 Å². The van der Waals surface area contributed by atoms with Crippen LogP contribution < -0.4 is 10.2 Å². The summed E-state index contributed by atoms with van der Waals surface area (Å²) < 4.78 is 12.4. The highest BCUT2D eigenvalue weighted by Crippen LogP contribution is 2.26. The number of morpholine rings is 1. The smallest absolute Gasteiger partial charge is 0.131 e.